The molecular weight excluding hydrogens is 210 g/mol. The summed E-state index contributed by atoms with van der Waals surface area (Å²) in [5.41, 5.74) is 8.42. The van der Waals surface area contributed by atoms with Crippen LogP contribution in [0.5, 0.6) is 5.75 Å². The number of aryl methyl sites for hydroxylation is 1. The molecule has 1 aromatic carbocycles. The number of ether oxygens (including phenoxy) is 1. The summed E-state index contributed by atoms with van der Waals surface area (Å²) in [5.74, 6) is 1.57. The number of benzene rings is 1. The molecule has 0 heterocycles. The summed E-state index contributed by atoms with van der Waals surface area (Å²) in [5, 5.41) is 0. The smallest absolute Gasteiger partial charge is 0.119 e. The molecule has 0 saturated heterocycles. The molecule has 0 amide bonds. The van der Waals surface area contributed by atoms with Crippen molar-refractivity contribution in [3.05, 3.63) is 29.3 Å². The maximum absolute atomic E-state index is 5.57. The number of hydrogen-bond donors (Lipinski definition) is 1. The highest BCUT2D eigenvalue weighted by molar-refractivity contribution is 5.37. The van der Waals surface area contributed by atoms with Crippen molar-refractivity contribution in [3.8, 4) is 5.75 Å². The van der Waals surface area contributed by atoms with E-state index in [9.17, 15) is 0 Å². The molecule has 0 aliphatic carbocycles. The molecular formula is C15H25NO. The first-order valence-corrected chi connectivity index (χ1v) is 6.68. The Morgan fingerprint density at radius 1 is 1.29 bits per heavy atom. The van der Waals surface area contributed by atoms with Gasteiger partial charge in [-0.05, 0) is 61.9 Å². The fourth-order valence-corrected chi connectivity index (χ4v) is 2.21. The second-order valence-corrected chi connectivity index (χ2v) is 4.48. The fraction of sp³-hybridized carbons (Fsp3) is 0.600. The van der Waals surface area contributed by atoms with E-state index in [-0.39, 0.29) is 0 Å². The summed E-state index contributed by atoms with van der Waals surface area (Å²) >= 11 is 0. The molecule has 17 heavy (non-hydrogen) atoms. The summed E-state index contributed by atoms with van der Waals surface area (Å²) in [6, 6.07) is 6.47. The van der Waals surface area contributed by atoms with Gasteiger partial charge >= 0.3 is 0 Å². The molecule has 0 spiro atoms. The van der Waals surface area contributed by atoms with Gasteiger partial charge in [-0.2, -0.15) is 0 Å². The molecule has 1 rings (SSSR count). The van der Waals surface area contributed by atoms with E-state index in [4.69, 9.17) is 10.5 Å². The third-order valence-corrected chi connectivity index (χ3v) is 3.18. The van der Waals surface area contributed by atoms with Gasteiger partial charge < -0.3 is 10.5 Å². The van der Waals surface area contributed by atoms with E-state index in [1.54, 1.807) is 0 Å². The lowest BCUT2D eigenvalue weighted by molar-refractivity contribution is 0.339. The quantitative estimate of drug-likeness (QED) is 0.785. The van der Waals surface area contributed by atoms with E-state index < -0.39 is 0 Å². The molecule has 0 saturated carbocycles. The van der Waals surface area contributed by atoms with Crippen LogP contribution >= 0.6 is 0 Å². The average molecular weight is 235 g/mol. The Bertz CT molecular complexity index is 336. The first-order valence-electron chi connectivity index (χ1n) is 6.68. The van der Waals surface area contributed by atoms with Gasteiger partial charge in [0.2, 0.25) is 0 Å². The van der Waals surface area contributed by atoms with E-state index in [2.05, 4.69) is 32.0 Å². The standard InChI is InChI=1S/C15H25NO/c1-4-13-11-14(17-5-2)8-9-15(13)12(3)7-6-10-16/h8-9,11-12H,4-7,10,16H2,1-3H3. The SMILES string of the molecule is CCOc1ccc(C(C)CCCN)c(CC)c1. The maximum Gasteiger partial charge on any atom is 0.119 e. The van der Waals surface area contributed by atoms with Gasteiger partial charge in [0, 0.05) is 0 Å². The minimum Gasteiger partial charge on any atom is -0.494 e. The normalized spacial score (nSPS) is 12.5. The maximum atomic E-state index is 5.57. The van der Waals surface area contributed by atoms with Crippen molar-refractivity contribution in [1.82, 2.24) is 0 Å². The topological polar surface area (TPSA) is 35.2 Å². The zero-order chi connectivity index (χ0) is 12.7. The summed E-state index contributed by atoms with van der Waals surface area (Å²) in [7, 11) is 0. The van der Waals surface area contributed by atoms with Crippen LogP contribution in [0.1, 0.15) is 50.7 Å². The second-order valence-electron chi connectivity index (χ2n) is 4.48. The highest BCUT2D eigenvalue weighted by Gasteiger charge is 2.10. The largest absolute Gasteiger partial charge is 0.494 e. The van der Waals surface area contributed by atoms with Crippen LogP contribution in [0.2, 0.25) is 0 Å². The predicted molar refractivity (Wildman–Crippen MR) is 73.7 cm³/mol. The Balaban J connectivity index is 2.83. The minimum absolute atomic E-state index is 0.587. The molecule has 96 valence electrons. The van der Waals surface area contributed by atoms with E-state index >= 15 is 0 Å². The fourth-order valence-electron chi connectivity index (χ4n) is 2.21. The van der Waals surface area contributed by atoms with E-state index in [1.807, 2.05) is 6.92 Å². The zero-order valence-electron chi connectivity index (χ0n) is 11.3. The van der Waals surface area contributed by atoms with Gasteiger partial charge in [0.15, 0.2) is 0 Å². The van der Waals surface area contributed by atoms with Gasteiger partial charge in [0.25, 0.3) is 0 Å². The molecule has 0 aromatic heterocycles. The van der Waals surface area contributed by atoms with Crippen LogP contribution in [0, 0.1) is 0 Å². The van der Waals surface area contributed by atoms with Crippen molar-refractivity contribution in [3.63, 3.8) is 0 Å². The highest BCUT2D eigenvalue weighted by Crippen LogP contribution is 2.27. The van der Waals surface area contributed by atoms with Gasteiger partial charge in [-0.3, -0.25) is 0 Å². The molecule has 2 nitrogen and oxygen atoms in total. The lowest BCUT2D eigenvalue weighted by Crippen LogP contribution is -2.04. The van der Waals surface area contributed by atoms with Crippen LogP contribution in [-0.4, -0.2) is 13.2 Å². The third-order valence-electron chi connectivity index (χ3n) is 3.18. The lowest BCUT2D eigenvalue weighted by Gasteiger charge is -2.17. The van der Waals surface area contributed by atoms with Crippen LogP contribution < -0.4 is 10.5 Å². The van der Waals surface area contributed by atoms with Crippen molar-refractivity contribution in [2.75, 3.05) is 13.2 Å². The number of hydrogen-bond acceptors (Lipinski definition) is 2. The zero-order valence-corrected chi connectivity index (χ0v) is 11.3. The Morgan fingerprint density at radius 3 is 2.65 bits per heavy atom. The molecule has 0 fully saturated rings. The Morgan fingerprint density at radius 2 is 2.06 bits per heavy atom. The van der Waals surface area contributed by atoms with Crippen molar-refractivity contribution >= 4 is 0 Å². The first-order chi connectivity index (χ1) is 8.22. The van der Waals surface area contributed by atoms with Crippen LogP contribution in [0.3, 0.4) is 0 Å². The molecule has 0 radical (unpaired) electrons. The first kappa shape index (κ1) is 14.0. The van der Waals surface area contributed by atoms with E-state index in [0.29, 0.717) is 5.92 Å². The van der Waals surface area contributed by atoms with Crippen molar-refractivity contribution in [1.29, 1.82) is 0 Å². The minimum atomic E-state index is 0.587. The Kier molecular flexibility index (Phi) is 6.06. The van der Waals surface area contributed by atoms with Crippen LogP contribution in [0.4, 0.5) is 0 Å². The summed E-state index contributed by atoms with van der Waals surface area (Å²) < 4.78 is 5.54. The van der Waals surface area contributed by atoms with Crippen LogP contribution in [-0.2, 0) is 6.42 Å². The van der Waals surface area contributed by atoms with Gasteiger partial charge in [-0.1, -0.05) is 19.9 Å². The van der Waals surface area contributed by atoms with E-state index in [0.717, 1.165) is 38.2 Å². The summed E-state index contributed by atoms with van der Waals surface area (Å²) in [6.45, 7) is 8.01. The monoisotopic (exact) mass is 235 g/mol. The van der Waals surface area contributed by atoms with Gasteiger partial charge in [-0.15, -0.1) is 0 Å². The Labute approximate surface area is 105 Å². The van der Waals surface area contributed by atoms with Gasteiger partial charge in [0.05, 0.1) is 6.61 Å². The lowest BCUT2D eigenvalue weighted by atomic mass is 9.91. The Hall–Kier alpha value is -1.02. The van der Waals surface area contributed by atoms with Crippen molar-refractivity contribution in [2.45, 2.75) is 46.0 Å². The van der Waals surface area contributed by atoms with Gasteiger partial charge in [-0.25, -0.2) is 0 Å². The average Bonchev–Trinajstić information content (AvgIpc) is 2.36. The summed E-state index contributed by atoms with van der Waals surface area (Å²) in [4.78, 5) is 0. The van der Waals surface area contributed by atoms with Crippen LogP contribution in [0.15, 0.2) is 18.2 Å². The second kappa shape index (κ2) is 7.33. The third kappa shape index (κ3) is 4.04. The molecule has 1 unspecified atom stereocenters. The van der Waals surface area contributed by atoms with Gasteiger partial charge in [0.1, 0.15) is 5.75 Å². The van der Waals surface area contributed by atoms with Crippen LogP contribution in [0.25, 0.3) is 0 Å². The predicted octanol–water partition coefficient (Wildman–Crippen LogP) is 3.49. The molecule has 2 N–H and O–H groups in total. The van der Waals surface area contributed by atoms with Crippen molar-refractivity contribution in [2.24, 2.45) is 5.73 Å². The number of nitrogens with two attached hydrogens (primary N) is 1. The summed E-state index contributed by atoms with van der Waals surface area (Å²) in [6.07, 6.45) is 3.32. The molecule has 0 aliphatic rings. The molecule has 0 aliphatic heterocycles. The van der Waals surface area contributed by atoms with Crippen molar-refractivity contribution < 1.29 is 4.74 Å². The number of rotatable bonds is 7. The van der Waals surface area contributed by atoms with E-state index in [1.165, 1.54) is 11.1 Å². The molecule has 1 aromatic rings. The molecule has 0 bridgehead atoms. The molecule has 1 atom stereocenters. The molecule has 2 heteroatoms. The highest BCUT2D eigenvalue weighted by atomic mass is 16.5.